The highest BCUT2D eigenvalue weighted by molar-refractivity contribution is 7.80. The fraction of sp³-hybridized carbons (Fsp3) is 0.467. The van der Waals surface area contributed by atoms with E-state index in [-0.39, 0.29) is 0 Å². The van der Waals surface area contributed by atoms with E-state index in [1.165, 1.54) is 12.8 Å². The molecule has 0 aromatic heterocycles. The van der Waals surface area contributed by atoms with E-state index >= 15 is 0 Å². The Morgan fingerprint density at radius 2 is 2.15 bits per heavy atom. The van der Waals surface area contributed by atoms with E-state index in [4.69, 9.17) is 17.0 Å². The van der Waals surface area contributed by atoms with Gasteiger partial charge in [0.1, 0.15) is 5.75 Å². The predicted molar refractivity (Wildman–Crippen MR) is 88.5 cm³/mol. The fourth-order valence-corrected chi connectivity index (χ4v) is 1.81. The van der Waals surface area contributed by atoms with Gasteiger partial charge in [0.2, 0.25) is 0 Å². The largest absolute Gasteiger partial charge is 0.497 e. The van der Waals surface area contributed by atoms with Gasteiger partial charge < -0.3 is 10.1 Å². The first-order valence-corrected chi connectivity index (χ1v) is 7.30. The van der Waals surface area contributed by atoms with E-state index in [1.807, 2.05) is 31.2 Å². The molecule has 0 fully saturated rings. The third-order valence-electron chi connectivity index (χ3n) is 2.88. The van der Waals surface area contributed by atoms with Crippen molar-refractivity contribution in [2.75, 3.05) is 13.7 Å². The van der Waals surface area contributed by atoms with Crippen LogP contribution < -0.4 is 15.5 Å². The Labute approximate surface area is 126 Å². The number of methoxy groups -OCH3 is 1. The molecular weight excluding hydrogens is 270 g/mol. The molecule has 0 bridgehead atoms. The average molecular weight is 293 g/mol. The maximum absolute atomic E-state index is 5.19. The second-order valence-electron chi connectivity index (χ2n) is 4.50. The van der Waals surface area contributed by atoms with Crippen LogP contribution in [0, 0.1) is 0 Å². The van der Waals surface area contributed by atoms with Gasteiger partial charge in [-0.05, 0) is 37.7 Å². The summed E-state index contributed by atoms with van der Waals surface area (Å²) in [7, 11) is 1.65. The van der Waals surface area contributed by atoms with Crippen LogP contribution in [0.25, 0.3) is 0 Å². The van der Waals surface area contributed by atoms with Crippen LogP contribution >= 0.6 is 12.2 Å². The van der Waals surface area contributed by atoms with Gasteiger partial charge in [-0.25, -0.2) is 0 Å². The number of hydrazone groups is 1. The van der Waals surface area contributed by atoms with Crippen LogP contribution in [-0.4, -0.2) is 24.5 Å². The summed E-state index contributed by atoms with van der Waals surface area (Å²) in [5, 5.41) is 7.97. The molecule has 1 rings (SSSR count). The lowest BCUT2D eigenvalue weighted by Crippen LogP contribution is -2.33. The maximum atomic E-state index is 5.19. The summed E-state index contributed by atoms with van der Waals surface area (Å²) in [6.45, 7) is 4.99. The molecule has 0 atom stereocenters. The molecular formula is C15H23N3OS. The zero-order chi connectivity index (χ0) is 14.8. The lowest BCUT2D eigenvalue weighted by molar-refractivity contribution is 0.414. The Kier molecular flexibility index (Phi) is 7.65. The monoisotopic (exact) mass is 293 g/mol. The lowest BCUT2D eigenvalue weighted by Gasteiger charge is -2.08. The Morgan fingerprint density at radius 1 is 1.35 bits per heavy atom. The van der Waals surface area contributed by atoms with E-state index in [1.54, 1.807) is 7.11 Å². The molecule has 0 radical (unpaired) electrons. The van der Waals surface area contributed by atoms with Crippen molar-refractivity contribution in [1.29, 1.82) is 0 Å². The van der Waals surface area contributed by atoms with Gasteiger partial charge in [0.05, 0.1) is 12.8 Å². The molecule has 0 heterocycles. The van der Waals surface area contributed by atoms with Crippen LogP contribution in [0.2, 0.25) is 0 Å². The maximum Gasteiger partial charge on any atom is 0.186 e. The van der Waals surface area contributed by atoms with E-state index in [2.05, 4.69) is 22.8 Å². The lowest BCUT2D eigenvalue weighted by atomic mass is 10.1. The molecule has 2 N–H and O–H groups in total. The molecule has 0 aliphatic rings. The SMILES string of the molecule is CCCCCNC(=S)N/N=C(/C)c1cccc(OC)c1. The molecule has 0 amide bonds. The normalized spacial score (nSPS) is 11.1. The first-order valence-electron chi connectivity index (χ1n) is 6.90. The second kappa shape index (κ2) is 9.31. The summed E-state index contributed by atoms with van der Waals surface area (Å²) < 4.78 is 5.19. The molecule has 1 aromatic carbocycles. The molecule has 0 saturated heterocycles. The smallest absolute Gasteiger partial charge is 0.186 e. The number of hydrogen-bond acceptors (Lipinski definition) is 3. The molecule has 20 heavy (non-hydrogen) atoms. The summed E-state index contributed by atoms with van der Waals surface area (Å²) in [5.41, 5.74) is 4.73. The summed E-state index contributed by atoms with van der Waals surface area (Å²) in [6, 6.07) is 7.78. The van der Waals surface area contributed by atoms with Crippen LogP contribution in [-0.2, 0) is 0 Å². The number of benzene rings is 1. The van der Waals surface area contributed by atoms with Gasteiger partial charge in [-0.1, -0.05) is 31.9 Å². The minimum atomic E-state index is 0.559. The third-order valence-corrected chi connectivity index (χ3v) is 3.11. The van der Waals surface area contributed by atoms with Crippen LogP contribution in [0.15, 0.2) is 29.4 Å². The van der Waals surface area contributed by atoms with Crippen LogP contribution in [0.3, 0.4) is 0 Å². The molecule has 1 aromatic rings. The summed E-state index contributed by atoms with van der Waals surface area (Å²) in [6.07, 6.45) is 3.54. The predicted octanol–water partition coefficient (Wildman–Crippen LogP) is 3.07. The molecule has 0 aliphatic heterocycles. The summed E-state index contributed by atoms with van der Waals surface area (Å²) in [5.74, 6) is 0.817. The Bertz CT molecular complexity index is 460. The van der Waals surface area contributed by atoms with Gasteiger partial charge in [0.15, 0.2) is 5.11 Å². The molecule has 4 nitrogen and oxygen atoms in total. The van der Waals surface area contributed by atoms with Crippen molar-refractivity contribution >= 4 is 23.0 Å². The van der Waals surface area contributed by atoms with Crippen molar-refractivity contribution in [2.45, 2.75) is 33.1 Å². The molecule has 0 aliphatic carbocycles. The van der Waals surface area contributed by atoms with Crippen molar-refractivity contribution in [3.8, 4) is 5.75 Å². The standard InChI is InChI=1S/C15H23N3OS/c1-4-5-6-10-16-15(20)18-17-12(2)13-8-7-9-14(11-13)19-3/h7-9,11H,4-6,10H2,1-3H3,(H2,16,18,20)/b17-12-. The third kappa shape index (κ3) is 6.02. The van der Waals surface area contributed by atoms with Crippen molar-refractivity contribution in [2.24, 2.45) is 5.10 Å². The average Bonchev–Trinajstić information content (AvgIpc) is 2.49. The van der Waals surface area contributed by atoms with Crippen LogP contribution in [0.1, 0.15) is 38.7 Å². The van der Waals surface area contributed by atoms with Crippen molar-refractivity contribution in [3.63, 3.8) is 0 Å². The highest BCUT2D eigenvalue weighted by atomic mass is 32.1. The van der Waals surface area contributed by atoms with Gasteiger partial charge in [-0.3, -0.25) is 5.43 Å². The first kappa shape index (κ1) is 16.4. The highest BCUT2D eigenvalue weighted by Gasteiger charge is 2.00. The molecule has 0 unspecified atom stereocenters. The highest BCUT2D eigenvalue weighted by Crippen LogP contribution is 2.12. The van der Waals surface area contributed by atoms with Gasteiger partial charge in [0, 0.05) is 12.1 Å². The number of ether oxygens (including phenoxy) is 1. The van der Waals surface area contributed by atoms with Gasteiger partial charge in [-0.2, -0.15) is 5.10 Å². The van der Waals surface area contributed by atoms with Gasteiger partial charge in [-0.15, -0.1) is 0 Å². The second-order valence-corrected chi connectivity index (χ2v) is 4.91. The summed E-state index contributed by atoms with van der Waals surface area (Å²) >= 11 is 5.17. The van der Waals surface area contributed by atoms with Crippen molar-refractivity contribution < 1.29 is 4.74 Å². The minimum absolute atomic E-state index is 0.559. The Morgan fingerprint density at radius 3 is 2.85 bits per heavy atom. The fourth-order valence-electron chi connectivity index (χ4n) is 1.66. The van der Waals surface area contributed by atoms with E-state index in [0.29, 0.717) is 5.11 Å². The van der Waals surface area contributed by atoms with Gasteiger partial charge in [0.25, 0.3) is 0 Å². The minimum Gasteiger partial charge on any atom is -0.497 e. The first-order chi connectivity index (χ1) is 9.67. The summed E-state index contributed by atoms with van der Waals surface area (Å²) in [4.78, 5) is 0. The number of nitrogens with one attached hydrogen (secondary N) is 2. The van der Waals surface area contributed by atoms with E-state index < -0.39 is 0 Å². The van der Waals surface area contributed by atoms with E-state index in [9.17, 15) is 0 Å². The zero-order valence-electron chi connectivity index (χ0n) is 12.4. The Balaban J connectivity index is 2.46. The molecule has 0 spiro atoms. The Hall–Kier alpha value is -1.62. The van der Waals surface area contributed by atoms with E-state index in [0.717, 1.165) is 30.0 Å². The number of hydrogen-bond donors (Lipinski definition) is 2. The van der Waals surface area contributed by atoms with Crippen molar-refractivity contribution in [1.82, 2.24) is 10.7 Å². The molecule has 110 valence electrons. The molecule has 5 heteroatoms. The number of thiocarbonyl (C=S) groups is 1. The quantitative estimate of drug-likeness (QED) is 0.351. The number of unbranched alkanes of at least 4 members (excludes halogenated alkanes) is 2. The van der Waals surface area contributed by atoms with Gasteiger partial charge >= 0.3 is 0 Å². The topological polar surface area (TPSA) is 45.7 Å². The zero-order valence-corrected chi connectivity index (χ0v) is 13.2. The molecule has 0 saturated carbocycles. The number of rotatable bonds is 7. The van der Waals surface area contributed by atoms with Crippen LogP contribution in [0.5, 0.6) is 5.75 Å². The number of nitrogens with zero attached hydrogens (tertiary/aromatic N) is 1. The van der Waals surface area contributed by atoms with Crippen molar-refractivity contribution in [3.05, 3.63) is 29.8 Å². The van der Waals surface area contributed by atoms with Crippen LogP contribution in [0.4, 0.5) is 0 Å².